The zero-order chi connectivity index (χ0) is 13.7. The molecular formula is C15H27N3O. The van der Waals surface area contributed by atoms with Crippen LogP contribution in [0.5, 0.6) is 0 Å². The van der Waals surface area contributed by atoms with E-state index in [0.29, 0.717) is 6.04 Å². The number of nitrogens with zero attached hydrogens (tertiary/aromatic N) is 2. The summed E-state index contributed by atoms with van der Waals surface area (Å²) in [5.41, 5.74) is 0. The number of hydrogen-bond acceptors (Lipinski definition) is 4. The van der Waals surface area contributed by atoms with E-state index in [4.69, 9.17) is 4.42 Å². The van der Waals surface area contributed by atoms with Crippen molar-refractivity contribution in [2.45, 2.75) is 38.4 Å². The van der Waals surface area contributed by atoms with Gasteiger partial charge in [0, 0.05) is 18.6 Å². The summed E-state index contributed by atoms with van der Waals surface area (Å²) < 4.78 is 5.32. The van der Waals surface area contributed by atoms with E-state index in [9.17, 15) is 0 Å². The van der Waals surface area contributed by atoms with Crippen LogP contribution >= 0.6 is 0 Å². The number of rotatable bonds is 6. The maximum Gasteiger partial charge on any atom is 0.117 e. The van der Waals surface area contributed by atoms with Crippen LogP contribution in [0.2, 0.25) is 0 Å². The summed E-state index contributed by atoms with van der Waals surface area (Å²) in [5.74, 6) is 1.01. The quantitative estimate of drug-likeness (QED) is 0.850. The Morgan fingerprint density at radius 2 is 2.21 bits per heavy atom. The summed E-state index contributed by atoms with van der Waals surface area (Å²) in [4.78, 5) is 4.95. The van der Waals surface area contributed by atoms with Crippen molar-refractivity contribution in [1.29, 1.82) is 0 Å². The molecule has 0 aliphatic carbocycles. The minimum atomic E-state index is 0.559. The minimum Gasteiger partial charge on any atom is -0.468 e. The third kappa shape index (κ3) is 4.34. The second-order valence-electron chi connectivity index (χ2n) is 5.76. The third-order valence-corrected chi connectivity index (χ3v) is 4.28. The first-order valence-electron chi connectivity index (χ1n) is 7.30. The van der Waals surface area contributed by atoms with Crippen LogP contribution in [0.3, 0.4) is 0 Å². The van der Waals surface area contributed by atoms with E-state index in [1.807, 2.05) is 12.1 Å². The van der Waals surface area contributed by atoms with Gasteiger partial charge in [0.15, 0.2) is 0 Å². The molecule has 0 amide bonds. The van der Waals surface area contributed by atoms with Gasteiger partial charge in [-0.05, 0) is 59.1 Å². The van der Waals surface area contributed by atoms with E-state index in [-0.39, 0.29) is 0 Å². The minimum absolute atomic E-state index is 0.559. The molecule has 4 heteroatoms. The molecule has 0 spiro atoms. The molecule has 1 saturated heterocycles. The molecule has 1 unspecified atom stereocenters. The van der Waals surface area contributed by atoms with E-state index >= 15 is 0 Å². The van der Waals surface area contributed by atoms with E-state index < -0.39 is 0 Å². The van der Waals surface area contributed by atoms with Crippen molar-refractivity contribution in [3.05, 3.63) is 24.2 Å². The highest BCUT2D eigenvalue weighted by Crippen LogP contribution is 2.16. The van der Waals surface area contributed by atoms with Gasteiger partial charge < -0.3 is 14.6 Å². The Morgan fingerprint density at radius 3 is 2.84 bits per heavy atom. The molecule has 0 saturated carbocycles. The predicted octanol–water partition coefficient (Wildman–Crippen LogP) is 1.78. The maximum atomic E-state index is 5.32. The monoisotopic (exact) mass is 265 g/mol. The van der Waals surface area contributed by atoms with Crippen molar-refractivity contribution in [3.63, 3.8) is 0 Å². The van der Waals surface area contributed by atoms with Crippen LogP contribution in [0.4, 0.5) is 0 Å². The Kier molecular flexibility index (Phi) is 5.43. The lowest BCUT2D eigenvalue weighted by molar-refractivity contribution is 0.112. The summed E-state index contributed by atoms with van der Waals surface area (Å²) in [6, 6.07) is 5.24. The Bertz CT molecular complexity index is 344. The lowest BCUT2D eigenvalue weighted by Crippen LogP contribution is -2.48. The number of piperidine rings is 1. The van der Waals surface area contributed by atoms with Gasteiger partial charge in [0.05, 0.1) is 12.8 Å². The Balaban J connectivity index is 1.68. The molecule has 108 valence electrons. The molecule has 2 heterocycles. The summed E-state index contributed by atoms with van der Waals surface area (Å²) in [6.45, 7) is 6.57. The van der Waals surface area contributed by atoms with Gasteiger partial charge in [-0.15, -0.1) is 0 Å². The molecule has 1 aromatic heterocycles. The fraction of sp³-hybridized carbons (Fsp3) is 0.733. The topological polar surface area (TPSA) is 31.7 Å². The van der Waals surface area contributed by atoms with Crippen LogP contribution < -0.4 is 5.32 Å². The smallest absolute Gasteiger partial charge is 0.117 e. The number of hydrogen-bond donors (Lipinski definition) is 1. The molecule has 1 atom stereocenters. The summed E-state index contributed by atoms with van der Waals surface area (Å²) >= 11 is 0. The van der Waals surface area contributed by atoms with Gasteiger partial charge in [-0.3, -0.25) is 4.90 Å². The second kappa shape index (κ2) is 7.08. The van der Waals surface area contributed by atoms with Gasteiger partial charge in [-0.25, -0.2) is 0 Å². The Labute approximate surface area is 116 Å². The number of furan rings is 1. The molecule has 0 aromatic carbocycles. The summed E-state index contributed by atoms with van der Waals surface area (Å²) in [6.07, 6.45) is 4.30. The molecular weight excluding hydrogens is 238 g/mol. The first-order valence-corrected chi connectivity index (χ1v) is 7.30. The molecule has 19 heavy (non-hydrogen) atoms. The van der Waals surface area contributed by atoms with Crippen molar-refractivity contribution < 1.29 is 4.42 Å². The second-order valence-corrected chi connectivity index (χ2v) is 5.76. The molecule has 0 radical (unpaired) electrons. The fourth-order valence-corrected chi connectivity index (χ4v) is 2.72. The molecule has 0 bridgehead atoms. The van der Waals surface area contributed by atoms with E-state index in [1.165, 1.54) is 25.9 Å². The van der Waals surface area contributed by atoms with E-state index in [1.54, 1.807) is 6.26 Å². The van der Waals surface area contributed by atoms with Gasteiger partial charge >= 0.3 is 0 Å². The van der Waals surface area contributed by atoms with Gasteiger partial charge in [0.1, 0.15) is 5.76 Å². The normalized spacial score (nSPS) is 20.0. The highest BCUT2D eigenvalue weighted by molar-refractivity contribution is 4.97. The number of nitrogens with one attached hydrogen (secondary N) is 1. The van der Waals surface area contributed by atoms with Gasteiger partial charge in [-0.2, -0.15) is 0 Å². The average Bonchev–Trinajstić information content (AvgIpc) is 2.92. The van der Waals surface area contributed by atoms with Crippen LogP contribution in [0, 0.1) is 0 Å². The number of likely N-dealkylation sites (tertiary alicyclic amines) is 1. The van der Waals surface area contributed by atoms with Crippen LogP contribution in [-0.2, 0) is 6.54 Å². The van der Waals surface area contributed by atoms with E-state index in [2.05, 4.69) is 36.1 Å². The SMILES string of the molecule is CC(CNCc1ccco1)N(C)C1CCN(C)CC1. The lowest BCUT2D eigenvalue weighted by Gasteiger charge is -2.38. The maximum absolute atomic E-state index is 5.32. The molecule has 1 aromatic rings. The lowest BCUT2D eigenvalue weighted by atomic mass is 10.0. The zero-order valence-electron chi connectivity index (χ0n) is 12.4. The molecule has 1 aliphatic heterocycles. The average molecular weight is 265 g/mol. The largest absolute Gasteiger partial charge is 0.468 e. The van der Waals surface area contributed by atoms with Crippen molar-refractivity contribution in [2.24, 2.45) is 0 Å². The molecule has 4 nitrogen and oxygen atoms in total. The summed E-state index contributed by atoms with van der Waals surface area (Å²) in [5, 5.41) is 3.47. The van der Waals surface area contributed by atoms with Crippen molar-refractivity contribution >= 4 is 0 Å². The van der Waals surface area contributed by atoms with Gasteiger partial charge in [-0.1, -0.05) is 0 Å². The fourth-order valence-electron chi connectivity index (χ4n) is 2.72. The standard InChI is InChI=1S/C15H27N3O/c1-13(11-16-12-15-5-4-10-19-15)18(3)14-6-8-17(2)9-7-14/h4-5,10,13-14,16H,6-9,11-12H2,1-3H3. The van der Waals surface area contributed by atoms with Gasteiger partial charge in [0.25, 0.3) is 0 Å². The highest BCUT2D eigenvalue weighted by atomic mass is 16.3. The third-order valence-electron chi connectivity index (χ3n) is 4.28. The summed E-state index contributed by atoms with van der Waals surface area (Å²) in [7, 11) is 4.47. The Hall–Kier alpha value is -0.840. The first kappa shape index (κ1) is 14.6. The van der Waals surface area contributed by atoms with Crippen molar-refractivity contribution in [1.82, 2.24) is 15.1 Å². The molecule has 1 fully saturated rings. The van der Waals surface area contributed by atoms with Crippen LogP contribution in [-0.4, -0.2) is 55.6 Å². The molecule has 2 rings (SSSR count). The highest BCUT2D eigenvalue weighted by Gasteiger charge is 2.23. The van der Waals surface area contributed by atoms with Gasteiger partial charge in [0.2, 0.25) is 0 Å². The zero-order valence-corrected chi connectivity index (χ0v) is 12.4. The van der Waals surface area contributed by atoms with Crippen LogP contribution in [0.1, 0.15) is 25.5 Å². The Morgan fingerprint density at radius 1 is 1.47 bits per heavy atom. The predicted molar refractivity (Wildman–Crippen MR) is 78.2 cm³/mol. The van der Waals surface area contributed by atoms with Crippen molar-refractivity contribution in [3.8, 4) is 0 Å². The van der Waals surface area contributed by atoms with E-state index in [0.717, 1.165) is 24.9 Å². The first-order chi connectivity index (χ1) is 9.16. The van der Waals surface area contributed by atoms with Crippen molar-refractivity contribution in [2.75, 3.05) is 33.7 Å². The number of likely N-dealkylation sites (N-methyl/N-ethyl adjacent to an activating group) is 1. The molecule has 1 N–H and O–H groups in total. The van der Waals surface area contributed by atoms with Crippen LogP contribution in [0.25, 0.3) is 0 Å². The van der Waals surface area contributed by atoms with Crippen LogP contribution in [0.15, 0.2) is 22.8 Å². The molecule has 1 aliphatic rings.